The third kappa shape index (κ3) is 2.96. The SMILES string of the molecule is CC(N)c1ccn(Cc2ccc(Br)cc2F)c1. The highest BCUT2D eigenvalue weighted by atomic mass is 79.9. The van der Waals surface area contributed by atoms with Crippen LogP contribution in [0.25, 0.3) is 0 Å². The van der Waals surface area contributed by atoms with Gasteiger partial charge in [-0.1, -0.05) is 22.0 Å². The number of rotatable bonds is 3. The predicted octanol–water partition coefficient (Wildman–Crippen LogP) is 3.46. The molecule has 0 aliphatic rings. The highest BCUT2D eigenvalue weighted by Crippen LogP contribution is 2.17. The fraction of sp³-hybridized carbons (Fsp3) is 0.231. The van der Waals surface area contributed by atoms with E-state index >= 15 is 0 Å². The van der Waals surface area contributed by atoms with Crippen molar-refractivity contribution in [1.29, 1.82) is 0 Å². The van der Waals surface area contributed by atoms with Gasteiger partial charge in [0, 0.05) is 35.0 Å². The molecule has 0 radical (unpaired) electrons. The average Bonchev–Trinajstić information content (AvgIpc) is 2.71. The first-order valence-electron chi connectivity index (χ1n) is 5.41. The van der Waals surface area contributed by atoms with Crippen LogP contribution in [0.4, 0.5) is 4.39 Å². The molecule has 17 heavy (non-hydrogen) atoms. The minimum absolute atomic E-state index is 0.00557. The zero-order valence-electron chi connectivity index (χ0n) is 9.53. The van der Waals surface area contributed by atoms with Crippen LogP contribution in [-0.4, -0.2) is 4.57 Å². The fourth-order valence-electron chi connectivity index (χ4n) is 1.67. The summed E-state index contributed by atoms with van der Waals surface area (Å²) in [5.74, 6) is -0.199. The van der Waals surface area contributed by atoms with E-state index in [4.69, 9.17) is 5.73 Å². The van der Waals surface area contributed by atoms with Crippen molar-refractivity contribution in [3.8, 4) is 0 Å². The molecule has 2 N–H and O–H groups in total. The number of halogens is 2. The van der Waals surface area contributed by atoms with Crippen LogP contribution < -0.4 is 5.73 Å². The van der Waals surface area contributed by atoms with Crippen molar-refractivity contribution in [1.82, 2.24) is 4.57 Å². The summed E-state index contributed by atoms with van der Waals surface area (Å²) in [4.78, 5) is 0. The molecule has 0 aliphatic carbocycles. The van der Waals surface area contributed by atoms with Crippen molar-refractivity contribution in [3.63, 3.8) is 0 Å². The van der Waals surface area contributed by atoms with E-state index in [9.17, 15) is 4.39 Å². The molecule has 0 saturated heterocycles. The molecular weight excluding hydrogens is 283 g/mol. The first-order valence-corrected chi connectivity index (χ1v) is 6.21. The Kier molecular flexibility index (Phi) is 3.64. The molecule has 2 nitrogen and oxygen atoms in total. The van der Waals surface area contributed by atoms with Crippen LogP contribution in [-0.2, 0) is 6.54 Å². The van der Waals surface area contributed by atoms with Crippen molar-refractivity contribution in [2.75, 3.05) is 0 Å². The number of hydrogen-bond donors (Lipinski definition) is 1. The van der Waals surface area contributed by atoms with Crippen molar-refractivity contribution < 1.29 is 4.39 Å². The predicted molar refractivity (Wildman–Crippen MR) is 70.2 cm³/mol. The van der Waals surface area contributed by atoms with Crippen LogP contribution >= 0.6 is 15.9 Å². The highest BCUT2D eigenvalue weighted by Gasteiger charge is 2.05. The molecule has 0 aliphatic heterocycles. The van der Waals surface area contributed by atoms with Gasteiger partial charge in [-0.05, 0) is 30.7 Å². The molecule has 1 atom stereocenters. The van der Waals surface area contributed by atoms with E-state index in [1.54, 1.807) is 6.07 Å². The minimum atomic E-state index is -0.199. The molecule has 2 aromatic rings. The molecule has 1 unspecified atom stereocenters. The molecule has 4 heteroatoms. The van der Waals surface area contributed by atoms with Gasteiger partial charge in [0.25, 0.3) is 0 Å². The van der Waals surface area contributed by atoms with E-state index in [1.165, 1.54) is 6.07 Å². The van der Waals surface area contributed by atoms with Crippen molar-refractivity contribution in [2.24, 2.45) is 5.73 Å². The second-order valence-corrected chi connectivity index (χ2v) is 5.06. The molecule has 1 aromatic heterocycles. The van der Waals surface area contributed by atoms with E-state index in [-0.39, 0.29) is 11.9 Å². The van der Waals surface area contributed by atoms with Gasteiger partial charge in [0.15, 0.2) is 0 Å². The maximum atomic E-state index is 13.6. The molecule has 0 saturated carbocycles. The van der Waals surface area contributed by atoms with E-state index in [0.717, 1.165) is 10.0 Å². The second kappa shape index (κ2) is 5.02. The Balaban J connectivity index is 2.19. The quantitative estimate of drug-likeness (QED) is 0.924. The van der Waals surface area contributed by atoms with Crippen LogP contribution in [0.1, 0.15) is 24.1 Å². The smallest absolute Gasteiger partial charge is 0.129 e. The Morgan fingerprint density at radius 3 is 2.76 bits per heavy atom. The summed E-state index contributed by atoms with van der Waals surface area (Å²) in [5.41, 5.74) is 7.50. The normalized spacial score (nSPS) is 12.7. The summed E-state index contributed by atoms with van der Waals surface area (Å²) in [6, 6.07) is 7.07. The van der Waals surface area contributed by atoms with E-state index in [1.807, 2.05) is 36.0 Å². The Morgan fingerprint density at radius 2 is 2.18 bits per heavy atom. The number of hydrogen-bond acceptors (Lipinski definition) is 1. The summed E-state index contributed by atoms with van der Waals surface area (Å²) in [6.07, 6.45) is 3.87. The van der Waals surface area contributed by atoms with Crippen LogP contribution in [0.3, 0.4) is 0 Å². The molecule has 1 aromatic carbocycles. The van der Waals surface area contributed by atoms with Crippen molar-refractivity contribution in [3.05, 3.63) is 58.1 Å². The third-order valence-electron chi connectivity index (χ3n) is 2.67. The Bertz CT molecular complexity index is 520. The van der Waals surface area contributed by atoms with Crippen LogP contribution in [0.5, 0.6) is 0 Å². The topological polar surface area (TPSA) is 30.9 Å². The summed E-state index contributed by atoms with van der Waals surface area (Å²) in [7, 11) is 0. The summed E-state index contributed by atoms with van der Waals surface area (Å²) >= 11 is 3.24. The van der Waals surface area contributed by atoms with Crippen molar-refractivity contribution in [2.45, 2.75) is 19.5 Å². The molecule has 0 fully saturated rings. The van der Waals surface area contributed by atoms with Gasteiger partial charge in [0.05, 0.1) is 0 Å². The third-order valence-corrected chi connectivity index (χ3v) is 3.16. The van der Waals surface area contributed by atoms with Crippen LogP contribution in [0.2, 0.25) is 0 Å². The molecule has 2 rings (SSSR count). The Morgan fingerprint density at radius 1 is 1.41 bits per heavy atom. The molecule has 90 valence electrons. The zero-order valence-corrected chi connectivity index (χ0v) is 11.1. The van der Waals surface area contributed by atoms with Gasteiger partial charge in [-0.25, -0.2) is 4.39 Å². The van der Waals surface area contributed by atoms with Gasteiger partial charge in [0.2, 0.25) is 0 Å². The first-order chi connectivity index (χ1) is 8.06. The highest BCUT2D eigenvalue weighted by molar-refractivity contribution is 9.10. The lowest BCUT2D eigenvalue weighted by Crippen LogP contribution is -2.04. The average molecular weight is 297 g/mol. The van der Waals surface area contributed by atoms with Gasteiger partial charge in [-0.2, -0.15) is 0 Å². The van der Waals surface area contributed by atoms with Crippen LogP contribution in [0.15, 0.2) is 41.1 Å². The van der Waals surface area contributed by atoms with Gasteiger partial charge in [0.1, 0.15) is 5.82 Å². The Labute approximate surface area is 108 Å². The van der Waals surface area contributed by atoms with Gasteiger partial charge < -0.3 is 10.3 Å². The molecule has 0 spiro atoms. The first kappa shape index (κ1) is 12.3. The molecule has 1 heterocycles. The maximum Gasteiger partial charge on any atom is 0.129 e. The Hall–Kier alpha value is -1.13. The number of nitrogens with zero attached hydrogens (tertiary/aromatic N) is 1. The van der Waals surface area contributed by atoms with Crippen LogP contribution in [0, 0.1) is 5.82 Å². The minimum Gasteiger partial charge on any atom is -0.349 e. The number of nitrogens with two attached hydrogens (primary N) is 1. The van der Waals surface area contributed by atoms with Gasteiger partial charge in [-0.15, -0.1) is 0 Å². The van der Waals surface area contributed by atoms with Gasteiger partial charge in [-0.3, -0.25) is 0 Å². The monoisotopic (exact) mass is 296 g/mol. The van der Waals surface area contributed by atoms with Gasteiger partial charge >= 0.3 is 0 Å². The lowest BCUT2D eigenvalue weighted by molar-refractivity contribution is 0.598. The number of aromatic nitrogens is 1. The van der Waals surface area contributed by atoms with E-state index in [2.05, 4.69) is 15.9 Å². The molecular formula is C13H14BrFN2. The lowest BCUT2D eigenvalue weighted by atomic mass is 10.2. The molecule has 0 bridgehead atoms. The second-order valence-electron chi connectivity index (χ2n) is 4.14. The van der Waals surface area contributed by atoms with E-state index < -0.39 is 0 Å². The summed E-state index contributed by atoms with van der Waals surface area (Å²) < 4.78 is 16.3. The zero-order chi connectivity index (χ0) is 12.4. The number of benzene rings is 1. The standard InChI is InChI=1S/C13H14BrFN2/c1-9(16)10-4-5-17(7-10)8-11-2-3-12(14)6-13(11)15/h2-7,9H,8,16H2,1H3. The largest absolute Gasteiger partial charge is 0.349 e. The van der Waals surface area contributed by atoms with Crippen molar-refractivity contribution >= 4 is 15.9 Å². The fourth-order valence-corrected chi connectivity index (χ4v) is 2.01. The molecule has 0 amide bonds. The summed E-state index contributed by atoms with van der Waals surface area (Å²) in [5, 5.41) is 0. The lowest BCUT2D eigenvalue weighted by Gasteiger charge is -2.05. The van der Waals surface area contributed by atoms with E-state index in [0.29, 0.717) is 12.1 Å². The maximum absolute atomic E-state index is 13.6. The summed E-state index contributed by atoms with van der Waals surface area (Å²) in [6.45, 7) is 2.45.